The zero-order valence-corrected chi connectivity index (χ0v) is 28.6. The van der Waals surface area contributed by atoms with Crippen LogP contribution in [0.1, 0.15) is 80.5 Å². The summed E-state index contributed by atoms with van der Waals surface area (Å²) in [4.78, 5) is 0. The van der Waals surface area contributed by atoms with Gasteiger partial charge in [-0.2, -0.15) is 0 Å². The molecule has 0 aliphatic heterocycles. The zero-order valence-electron chi connectivity index (χ0n) is 28.6. The molecule has 0 aromatic heterocycles. The van der Waals surface area contributed by atoms with E-state index in [1.807, 2.05) is 6.21 Å². The number of benzene rings is 6. The van der Waals surface area contributed by atoms with E-state index < -0.39 is 0 Å². The molecule has 0 spiro atoms. The first-order chi connectivity index (χ1) is 23.0. The Bertz CT molecular complexity index is 2370. The summed E-state index contributed by atoms with van der Waals surface area (Å²) in [6.07, 6.45) is 1.85. The van der Waals surface area contributed by atoms with Gasteiger partial charge in [-0.1, -0.05) is 139 Å². The van der Waals surface area contributed by atoms with Crippen LogP contribution < -0.4 is 10.7 Å². The molecule has 0 atom stereocenters. The lowest BCUT2D eigenvalue weighted by Gasteiger charge is -2.30. The highest BCUT2D eigenvalue weighted by Crippen LogP contribution is 2.62. The molecule has 3 N–H and O–H groups in total. The molecule has 0 unspecified atom stereocenters. The van der Waals surface area contributed by atoms with Gasteiger partial charge in [-0.25, -0.2) is 0 Å². The normalized spacial score (nSPS) is 16.3. The second-order valence-corrected chi connectivity index (χ2v) is 15.4. The predicted molar refractivity (Wildman–Crippen MR) is 201 cm³/mol. The van der Waals surface area contributed by atoms with Gasteiger partial charge in [0.2, 0.25) is 0 Å². The van der Waals surface area contributed by atoms with Crippen LogP contribution in [0.3, 0.4) is 0 Å². The summed E-state index contributed by atoms with van der Waals surface area (Å²) in [5.41, 5.74) is 21.3. The summed E-state index contributed by atoms with van der Waals surface area (Å²) in [7, 11) is 0. The Morgan fingerprint density at radius 3 is 1.65 bits per heavy atom. The van der Waals surface area contributed by atoms with Crippen LogP contribution in [-0.4, -0.2) is 6.21 Å². The maximum Gasteiger partial charge on any atom is 0.169 e. The van der Waals surface area contributed by atoms with Crippen molar-refractivity contribution in [3.05, 3.63) is 154 Å². The van der Waals surface area contributed by atoms with Crippen molar-refractivity contribution < 1.29 is 5.41 Å². The molecule has 2 nitrogen and oxygen atoms in total. The summed E-state index contributed by atoms with van der Waals surface area (Å²) in [6, 6.07) is 42.6. The van der Waals surface area contributed by atoms with Crippen LogP contribution in [0.15, 0.2) is 115 Å². The topological polar surface area (TPSA) is 37.6 Å². The molecule has 0 fully saturated rings. The monoisotopic (exact) mass is 621 g/mol. The second-order valence-electron chi connectivity index (χ2n) is 15.4. The molecule has 0 amide bonds. The average Bonchev–Trinajstić information content (AvgIpc) is 3.58. The molecule has 3 aliphatic rings. The average molecular weight is 622 g/mol. The highest BCUT2D eigenvalue weighted by atomic mass is 14.9. The molecule has 0 heterocycles. The van der Waals surface area contributed by atoms with E-state index in [9.17, 15) is 0 Å². The van der Waals surface area contributed by atoms with Crippen molar-refractivity contribution >= 4 is 17.6 Å². The number of anilines is 2. The van der Waals surface area contributed by atoms with Crippen molar-refractivity contribution in [3.8, 4) is 44.5 Å². The van der Waals surface area contributed by atoms with Gasteiger partial charge in [-0.15, -0.1) is 0 Å². The van der Waals surface area contributed by atoms with E-state index in [1.54, 1.807) is 0 Å². The van der Waals surface area contributed by atoms with E-state index in [1.165, 1.54) is 77.9 Å². The summed E-state index contributed by atoms with van der Waals surface area (Å²) in [5.74, 6) is 0. The molecule has 234 valence electrons. The second kappa shape index (κ2) is 9.67. The summed E-state index contributed by atoms with van der Waals surface area (Å²) in [5, 5.41) is 10.7. The Balaban J connectivity index is 1.23. The largest absolute Gasteiger partial charge is 0.355 e. The first kappa shape index (κ1) is 29.0. The van der Waals surface area contributed by atoms with Crippen LogP contribution in [0.25, 0.3) is 44.5 Å². The fourth-order valence-electron chi connectivity index (χ4n) is 9.44. The van der Waals surface area contributed by atoms with Crippen molar-refractivity contribution in [2.75, 3.05) is 5.32 Å². The summed E-state index contributed by atoms with van der Waals surface area (Å²) < 4.78 is 0. The minimum atomic E-state index is -0.221. The van der Waals surface area contributed by atoms with E-state index in [0.29, 0.717) is 0 Å². The van der Waals surface area contributed by atoms with E-state index in [2.05, 4.69) is 162 Å². The molecule has 0 saturated carbocycles. The van der Waals surface area contributed by atoms with Crippen LogP contribution in [0, 0.1) is 0 Å². The molecule has 0 saturated heterocycles. The molecular weight excluding hydrogens is 581 g/mol. The quantitative estimate of drug-likeness (QED) is 0.189. The number of hydrogen-bond donors (Lipinski definition) is 2. The van der Waals surface area contributed by atoms with Gasteiger partial charge in [0, 0.05) is 21.9 Å². The lowest BCUT2D eigenvalue weighted by molar-refractivity contribution is -0.104. The standard InChI is InChI=1S/C46H40N2/c1-44(2)35-19-10-7-16-30(35)31-23-22-28(25-38(31)44)27-14-13-15-29(24-27)48-43-34(26-47)41-39(32-17-8-11-20-36(32)45(41,3)4)40-33-18-9-12-21-37(33)46(5,6)42(40)43/h7-26,47-48H,1-6H3/p+1. The number of nitrogens with two attached hydrogens (primary N) is 1. The van der Waals surface area contributed by atoms with Gasteiger partial charge < -0.3 is 5.32 Å². The van der Waals surface area contributed by atoms with Crippen LogP contribution in [0.2, 0.25) is 0 Å². The molecule has 2 heteroatoms. The zero-order chi connectivity index (χ0) is 33.2. The third kappa shape index (κ3) is 3.66. The number of hydrogen-bond acceptors (Lipinski definition) is 1. The maximum atomic E-state index is 6.69. The van der Waals surface area contributed by atoms with Crippen molar-refractivity contribution in [2.24, 2.45) is 0 Å². The third-order valence-electron chi connectivity index (χ3n) is 11.7. The molecule has 0 radical (unpaired) electrons. The van der Waals surface area contributed by atoms with Gasteiger partial charge in [0.25, 0.3) is 0 Å². The number of rotatable bonds is 4. The van der Waals surface area contributed by atoms with Crippen molar-refractivity contribution in [1.29, 1.82) is 0 Å². The van der Waals surface area contributed by atoms with Crippen LogP contribution >= 0.6 is 0 Å². The van der Waals surface area contributed by atoms with Crippen molar-refractivity contribution in [1.82, 2.24) is 0 Å². The Morgan fingerprint density at radius 1 is 0.479 bits per heavy atom. The van der Waals surface area contributed by atoms with Gasteiger partial charge in [-0.05, 0) is 96.1 Å². The van der Waals surface area contributed by atoms with Gasteiger partial charge in [0.15, 0.2) is 6.21 Å². The lowest BCUT2D eigenvalue weighted by Crippen LogP contribution is -2.33. The fourth-order valence-corrected chi connectivity index (χ4v) is 9.44. The summed E-state index contributed by atoms with van der Waals surface area (Å²) >= 11 is 0. The molecule has 9 rings (SSSR count). The molecular formula is C46H41N2+. The van der Waals surface area contributed by atoms with Crippen LogP contribution in [0.4, 0.5) is 11.4 Å². The van der Waals surface area contributed by atoms with E-state index in [0.717, 1.165) is 16.9 Å². The SMILES string of the molecule is CC1(C)c2ccccc2-c2ccc(-c3cccc(Nc4c(C=[NH2+])c5c(c6c4C(C)(C)c4ccccc4-6)-c4ccccc4C5(C)C)c3)cc21. The predicted octanol–water partition coefficient (Wildman–Crippen LogP) is 10.2. The molecule has 6 aromatic rings. The van der Waals surface area contributed by atoms with Gasteiger partial charge in [0.1, 0.15) is 0 Å². The third-order valence-corrected chi connectivity index (χ3v) is 11.7. The fraction of sp³-hybridized carbons (Fsp3) is 0.196. The Morgan fingerprint density at radius 2 is 1.00 bits per heavy atom. The summed E-state index contributed by atoms with van der Waals surface area (Å²) in [6.45, 7) is 14.1. The number of nitrogens with one attached hydrogen (secondary N) is 1. The van der Waals surface area contributed by atoms with Crippen LogP contribution in [-0.2, 0) is 16.2 Å². The molecule has 3 aliphatic carbocycles. The minimum absolute atomic E-state index is 0.0421. The van der Waals surface area contributed by atoms with Gasteiger partial charge in [0.05, 0.1) is 11.3 Å². The first-order valence-corrected chi connectivity index (χ1v) is 17.2. The van der Waals surface area contributed by atoms with E-state index in [4.69, 9.17) is 5.41 Å². The van der Waals surface area contributed by atoms with Crippen molar-refractivity contribution in [3.63, 3.8) is 0 Å². The molecule has 6 aromatic carbocycles. The Labute approximate surface area is 284 Å². The highest BCUT2D eigenvalue weighted by molar-refractivity contribution is 6.08. The van der Waals surface area contributed by atoms with E-state index >= 15 is 0 Å². The van der Waals surface area contributed by atoms with Gasteiger partial charge >= 0.3 is 0 Å². The van der Waals surface area contributed by atoms with Gasteiger partial charge in [-0.3, -0.25) is 5.41 Å². The smallest absolute Gasteiger partial charge is 0.169 e. The van der Waals surface area contributed by atoms with Crippen LogP contribution in [0.5, 0.6) is 0 Å². The molecule has 0 bridgehead atoms. The maximum absolute atomic E-state index is 6.69. The van der Waals surface area contributed by atoms with Crippen molar-refractivity contribution in [2.45, 2.75) is 57.8 Å². The Hall–Kier alpha value is -5.21. The lowest BCUT2D eigenvalue weighted by atomic mass is 9.75. The number of fused-ring (bicyclic) bond motifs is 10. The first-order valence-electron chi connectivity index (χ1n) is 17.2. The minimum Gasteiger partial charge on any atom is -0.355 e. The highest BCUT2D eigenvalue weighted by Gasteiger charge is 2.47. The van der Waals surface area contributed by atoms with E-state index in [-0.39, 0.29) is 16.2 Å². The Kier molecular flexibility index (Phi) is 5.84. The molecule has 48 heavy (non-hydrogen) atoms.